The molecule has 0 saturated heterocycles. The second-order valence-corrected chi connectivity index (χ2v) is 7.03. The number of aliphatic hydroxyl groups is 1. The van der Waals surface area contributed by atoms with Gasteiger partial charge in [0.05, 0.1) is 17.6 Å². The van der Waals surface area contributed by atoms with Crippen molar-refractivity contribution < 1.29 is 5.11 Å². The zero-order valence-corrected chi connectivity index (χ0v) is 14.2. The van der Waals surface area contributed by atoms with Crippen molar-refractivity contribution in [2.75, 3.05) is 13.6 Å². The number of hydrogen-bond acceptors (Lipinski definition) is 3. The third kappa shape index (κ3) is 7.00. The van der Waals surface area contributed by atoms with Crippen LogP contribution in [0.2, 0.25) is 6.32 Å². The summed E-state index contributed by atoms with van der Waals surface area (Å²) in [6.45, 7) is 12.7. The molecule has 1 N–H and O–H groups in total. The zero-order chi connectivity index (χ0) is 16.0. The van der Waals surface area contributed by atoms with Crippen molar-refractivity contribution in [3.8, 4) is 6.07 Å². The molecule has 0 aliphatic heterocycles. The van der Waals surface area contributed by atoms with Crippen LogP contribution in [-0.4, -0.2) is 36.5 Å². The first-order valence-corrected chi connectivity index (χ1v) is 7.33. The molecule has 0 aromatic carbocycles. The van der Waals surface area contributed by atoms with E-state index in [1.54, 1.807) is 0 Å². The Morgan fingerprint density at radius 2 is 1.95 bits per heavy atom. The quantitative estimate of drug-likeness (QED) is 0.693. The first-order chi connectivity index (χ1) is 8.99. The van der Waals surface area contributed by atoms with Gasteiger partial charge in [-0.3, -0.25) is 0 Å². The maximum absolute atomic E-state index is 10.1. The Balaban J connectivity index is 4.24. The normalized spacial score (nSPS) is 14.7. The van der Waals surface area contributed by atoms with E-state index in [0.717, 1.165) is 19.3 Å². The molecule has 1 radical (unpaired) electrons. The van der Waals surface area contributed by atoms with Gasteiger partial charge >= 0.3 is 0 Å². The van der Waals surface area contributed by atoms with Crippen LogP contribution < -0.4 is 0 Å². The third-order valence-corrected chi connectivity index (χ3v) is 4.10. The highest BCUT2D eigenvalue weighted by molar-refractivity contribution is 6.44. The first kappa shape index (κ1) is 19.1. The van der Waals surface area contributed by atoms with Gasteiger partial charge in [-0.15, -0.1) is 0 Å². The van der Waals surface area contributed by atoms with Gasteiger partial charge in [0.1, 0.15) is 7.28 Å². The SMILES string of the molecule is CC([B]CCC(C)(C)C(C)(C)O)=CN(C)CC(C)C#N. The lowest BCUT2D eigenvalue weighted by atomic mass is 9.61. The maximum atomic E-state index is 10.1. The van der Waals surface area contributed by atoms with E-state index in [-0.39, 0.29) is 11.3 Å². The Bertz CT molecular complexity index is 364. The smallest absolute Gasteiger partial charge is 0.147 e. The van der Waals surface area contributed by atoms with Crippen LogP contribution in [0, 0.1) is 22.7 Å². The summed E-state index contributed by atoms with van der Waals surface area (Å²) in [4.78, 5) is 2.06. The summed E-state index contributed by atoms with van der Waals surface area (Å²) in [6, 6.07) is 2.24. The second kappa shape index (κ2) is 7.74. The number of rotatable bonds is 8. The fraction of sp³-hybridized carbons (Fsp3) is 0.812. The Labute approximate surface area is 125 Å². The van der Waals surface area contributed by atoms with Crippen molar-refractivity contribution in [2.24, 2.45) is 11.3 Å². The van der Waals surface area contributed by atoms with E-state index in [2.05, 4.69) is 45.2 Å². The molecule has 0 spiro atoms. The van der Waals surface area contributed by atoms with E-state index in [4.69, 9.17) is 5.26 Å². The van der Waals surface area contributed by atoms with Gasteiger partial charge in [-0.2, -0.15) is 5.26 Å². The van der Waals surface area contributed by atoms with Crippen LogP contribution in [-0.2, 0) is 0 Å². The van der Waals surface area contributed by atoms with Gasteiger partial charge in [0.15, 0.2) is 0 Å². The van der Waals surface area contributed by atoms with Crippen molar-refractivity contribution in [3.05, 3.63) is 11.7 Å². The Hall–Kier alpha value is -0.945. The number of hydrogen-bond donors (Lipinski definition) is 1. The highest BCUT2D eigenvalue weighted by Crippen LogP contribution is 2.35. The Morgan fingerprint density at radius 1 is 1.40 bits per heavy atom. The molecule has 0 rings (SSSR count). The average Bonchev–Trinajstić information content (AvgIpc) is 2.26. The molecule has 0 aliphatic rings. The minimum atomic E-state index is -0.669. The van der Waals surface area contributed by atoms with Gasteiger partial charge in [0, 0.05) is 13.6 Å². The van der Waals surface area contributed by atoms with E-state index in [0.29, 0.717) is 0 Å². The molecule has 1 atom stereocenters. The van der Waals surface area contributed by atoms with E-state index in [1.807, 2.05) is 27.8 Å². The third-order valence-electron chi connectivity index (χ3n) is 4.10. The predicted octanol–water partition coefficient (Wildman–Crippen LogP) is 3.25. The van der Waals surface area contributed by atoms with E-state index >= 15 is 0 Å². The molecule has 0 heterocycles. The number of nitriles is 1. The number of nitrogens with zero attached hydrogens (tertiary/aromatic N) is 2. The summed E-state index contributed by atoms with van der Waals surface area (Å²) in [5.74, 6) is 0.0400. The van der Waals surface area contributed by atoms with E-state index < -0.39 is 5.60 Å². The molecule has 0 aromatic rings. The molecule has 0 aromatic heterocycles. The highest BCUT2D eigenvalue weighted by Gasteiger charge is 2.34. The molecule has 0 amide bonds. The minimum Gasteiger partial charge on any atom is -0.390 e. The van der Waals surface area contributed by atoms with Gasteiger partial charge in [0.25, 0.3) is 0 Å². The molecule has 0 fully saturated rings. The van der Waals surface area contributed by atoms with Crippen LogP contribution in [0.3, 0.4) is 0 Å². The van der Waals surface area contributed by atoms with Crippen molar-refractivity contribution in [1.29, 1.82) is 5.26 Å². The van der Waals surface area contributed by atoms with Crippen LogP contribution >= 0.6 is 0 Å². The van der Waals surface area contributed by atoms with Crippen LogP contribution in [0.15, 0.2) is 11.7 Å². The largest absolute Gasteiger partial charge is 0.390 e. The summed E-state index contributed by atoms with van der Waals surface area (Å²) >= 11 is 0. The topological polar surface area (TPSA) is 47.3 Å². The minimum absolute atomic E-state index is 0.0400. The lowest BCUT2D eigenvalue weighted by molar-refractivity contribution is -0.0366. The van der Waals surface area contributed by atoms with Gasteiger partial charge < -0.3 is 10.0 Å². The highest BCUT2D eigenvalue weighted by atomic mass is 16.3. The van der Waals surface area contributed by atoms with Crippen LogP contribution in [0.5, 0.6) is 0 Å². The van der Waals surface area contributed by atoms with E-state index in [1.165, 1.54) is 5.47 Å². The molecule has 1 unspecified atom stereocenters. The van der Waals surface area contributed by atoms with Crippen LogP contribution in [0.1, 0.15) is 48.0 Å². The van der Waals surface area contributed by atoms with Gasteiger partial charge in [-0.25, -0.2) is 0 Å². The average molecular weight is 277 g/mol. The fourth-order valence-corrected chi connectivity index (χ4v) is 1.89. The predicted molar refractivity (Wildman–Crippen MR) is 86.4 cm³/mol. The second-order valence-electron chi connectivity index (χ2n) is 7.03. The molecular formula is C16H30BN2O. The number of allylic oxidation sites excluding steroid dienone is 1. The molecule has 4 heteroatoms. The van der Waals surface area contributed by atoms with Crippen molar-refractivity contribution in [1.82, 2.24) is 4.90 Å². The summed E-state index contributed by atoms with van der Waals surface area (Å²) in [5.41, 5.74) is 0.423. The maximum Gasteiger partial charge on any atom is 0.147 e. The standard InChI is InChI=1S/C16H30BN2O/c1-13(10-18)11-19(7)12-14(2)17-9-8-15(3,4)16(5,6)20/h12-13,20H,8-9,11H2,1-7H3. The summed E-state index contributed by atoms with van der Waals surface area (Å²) in [5, 5.41) is 18.9. The van der Waals surface area contributed by atoms with Crippen molar-refractivity contribution in [2.45, 2.75) is 59.9 Å². The zero-order valence-electron chi connectivity index (χ0n) is 14.2. The summed E-state index contributed by atoms with van der Waals surface area (Å²) < 4.78 is 0. The molecule has 0 saturated carbocycles. The Kier molecular flexibility index (Phi) is 7.37. The molecule has 113 valence electrons. The fourth-order valence-electron chi connectivity index (χ4n) is 1.89. The lowest BCUT2D eigenvalue weighted by Gasteiger charge is -2.37. The van der Waals surface area contributed by atoms with Crippen LogP contribution in [0.25, 0.3) is 0 Å². The van der Waals surface area contributed by atoms with E-state index in [9.17, 15) is 5.11 Å². The Morgan fingerprint density at radius 3 is 2.40 bits per heavy atom. The molecule has 3 nitrogen and oxygen atoms in total. The molecule has 0 aliphatic carbocycles. The summed E-state index contributed by atoms with van der Waals surface area (Å²) in [6.07, 6.45) is 3.96. The monoisotopic (exact) mass is 277 g/mol. The molecule has 20 heavy (non-hydrogen) atoms. The lowest BCUT2D eigenvalue weighted by Crippen LogP contribution is -2.38. The van der Waals surface area contributed by atoms with Gasteiger partial charge in [-0.1, -0.05) is 39.0 Å². The van der Waals surface area contributed by atoms with Gasteiger partial charge in [0.2, 0.25) is 0 Å². The van der Waals surface area contributed by atoms with Crippen molar-refractivity contribution >= 4 is 7.28 Å². The first-order valence-electron chi connectivity index (χ1n) is 7.33. The van der Waals surface area contributed by atoms with Gasteiger partial charge in [-0.05, 0) is 32.4 Å². The van der Waals surface area contributed by atoms with Crippen molar-refractivity contribution in [3.63, 3.8) is 0 Å². The summed E-state index contributed by atoms with van der Waals surface area (Å²) in [7, 11) is 4.19. The molecular weight excluding hydrogens is 247 g/mol. The molecule has 0 bridgehead atoms. The van der Waals surface area contributed by atoms with Crippen LogP contribution in [0.4, 0.5) is 0 Å².